The molecule has 1 saturated heterocycles. The molecule has 15 heteroatoms. The molecule has 1 amide bonds. The quantitative estimate of drug-likeness (QED) is 0.387. The Balaban J connectivity index is 1.80. The second-order valence-electron chi connectivity index (χ2n) is 8.67. The average molecular weight is 566 g/mol. The highest BCUT2D eigenvalue weighted by Gasteiger charge is 2.37. The standard InChI is InChI=1S/C23H28ClN7O6S/c1-13(20(37-5)21-25-10-15(24)11-26-21)38(33,34)29-23-28-27-22(14-9-18(32)30(2)12-14)31(23)19-16(35-3)7-6-8-17(19)36-4/h6-8,10-11,13-14,20H,9,12H2,1-5H3,(H,28,29)/t13-,14?,20-/m0/s1. The summed E-state index contributed by atoms with van der Waals surface area (Å²) in [6.07, 6.45) is 1.90. The number of nitrogens with one attached hydrogen (secondary N) is 1. The Morgan fingerprint density at radius 3 is 2.26 bits per heavy atom. The van der Waals surface area contributed by atoms with Crippen molar-refractivity contribution in [1.82, 2.24) is 29.6 Å². The van der Waals surface area contributed by atoms with E-state index in [-0.39, 0.29) is 30.0 Å². The van der Waals surface area contributed by atoms with Crippen LogP contribution in [0, 0.1) is 0 Å². The van der Waals surface area contributed by atoms with Crippen molar-refractivity contribution in [2.75, 3.05) is 39.6 Å². The van der Waals surface area contributed by atoms with Crippen LogP contribution in [0.15, 0.2) is 30.6 Å². The van der Waals surface area contributed by atoms with E-state index in [2.05, 4.69) is 24.9 Å². The van der Waals surface area contributed by atoms with Crippen molar-refractivity contribution in [2.24, 2.45) is 0 Å². The summed E-state index contributed by atoms with van der Waals surface area (Å²) in [4.78, 5) is 22.1. The highest BCUT2D eigenvalue weighted by molar-refractivity contribution is 7.93. The highest BCUT2D eigenvalue weighted by atomic mass is 35.5. The number of ether oxygens (including phenoxy) is 3. The van der Waals surface area contributed by atoms with Crippen molar-refractivity contribution in [2.45, 2.75) is 30.6 Å². The molecule has 3 aromatic rings. The number of hydrogen-bond donors (Lipinski definition) is 1. The Morgan fingerprint density at radius 2 is 1.74 bits per heavy atom. The van der Waals surface area contributed by atoms with E-state index in [1.807, 2.05) is 0 Å². The van der Waals surface area contributed by atoms with Gasteiger partial charge in [-0.25, -0.2) is 18.4 Å². The number of sulfonamides is 1. The first-order valence-corrected chi connectivity index (χ1v) is 13.5. The van der Waals surface area contributed by atoms with Crippen LogP contribution >= 0.6 is 11.6 Å². The van der Waals surface area contributed by atoms with E-state index in [1.165, 1.54) is 45.2 Å². The number of hydrogen-bond acceptors (Lipinski definition) is 10. The number of anilines is 1. The normalized spacial score (nSPS) is 17.4. The second-order valence-corrected chi connectivity index (χ2v) is 11.1. The molecule has 204 valence electrons. The van der Waals surface area contributed by atoms with Crippen LogP contribution in [-0.2, 0) is 19.6 Å². The zero-order valence-corrected chi connectivity index (χ0v) is 23.0. The minimum atomic E-state index is -4.15. The molecule has 4 rings (SSSR count). The van der Waals surface area contributed by atoms with Gasteiger partial charge in [-0.1, -0.05) is 17.7 Å². The number of rotatable bonds is 10. The first-order chi connectivity index (χ1) is 18.1. The van der Waals surface area contributed by atoms with Gasteiger partial charge in [-0.3, -0.25) is 14.1 Å². The molecule has 13 nitrogen and oxygen atoms in total. The van der Waals surface area contributed by atoms with Crippen molar-refractivity contribution in [1.29, 1.82) is 0 Å². The SMILES string of the molecule is COc1cccc(OC)c1-n1c(NS(=O)(=O)[C@@H](C)[C@H](OC)c2ncc(Cl)cn2)nnc1C1CC(=O)N(C)C1. The van der Waals surface area contributed by atoms with Crippen LogP contribution in [0.4, 0.5) is 5.95 Å². The zero-order valence-electron chi connectivity index (χ0n) is 21.5. The maximum absolute atomic E-state index is 13.6. The van der Waals surface area contributed by atoms with Gasteiger partial charge in [0, 0.05) is 45.4 Å². The van der Waals surface area contributed by atoms with E-state index in [0.29, 0.717) is 34.6 Å². The number of halogens is 1. The summed E-state index contributed by atoms with van der Waals surface area (Å²) >= 11 is 5.88. The summed E-state index contributed by atoms with van der Waals surface area (Å²) in [5.74, 6) is 0.791. The number of para-hydroxylation sites is 1. The number of likely N-dealkylation sites (N-methyl/N-ethyl adjacent to an activating group) is 1. The molecule has 1 aliphatic rings. The molecule has 0 spiro atoms. The summed E-state index contributed by atoms with van der Waals surface area (Å²) in [5.41, 5.74) is 0.384. The lowest BCUT2D eigenvalue weighted by molar-refractivity contribution is -0.126. The molecule has 3 heterocycles. The third-order valence-corrected chi connectivity index (χ3v) is 8.21. The lowest BCUT2D eigenvalue weighted by atomic mass is 10.1. The van der Waals surface area contributed by atoms with E-state index in [0.717, 1.165) is 0 Å². The van der Waals surface area contributed by atoms with E-state index >= 15 is 0 Å². The van der Waals surface area contributed by atoms with Crippen molar-refractivity contribution < 1.29 is 27.4 Å². The number of carbonyl (C=O) groups is 1. The fraction of sp³-hybridized carbons (Fsp3) is 0.435. The largest absolute Gasteiger partial charge is 0.494 e. The number of aromatic nitrogens is 5. The number of nitrogens with zero attached hydrogens (tertiary/aromatic N) is 6. The molecular formula is C23H28ClN7O6S. The van der Waals surface area contributed by atoms with Crippen LogP contribution < -0.4 is 14.2 Å². The van der Waals surface area contributed by atoms with Gasteiger partial charge in [0.1, 0.15) is 34.4 Å². The van der Waals surface area contributed by atoms with Gasteiger partial charge in [-0.15, -0.1) is 10.2 Å². The van der Waals surface area contributed by atoms with Gasteiger partial charge in [-0.2, -0.15) is 0 Å². The maximum Gasteiger partial charge on any atom is 0.243 e. The van der Waals surface area contributed by atoms with Gasteiger partial charge < -0.3 is 19.1 Å². The highest BCUT2D eigenvalue weighted by Crippen LogP contribution is 2.39. The smallest absolute Gasteiger partial charge is 0.243 e. The summed E-state index contributed by atoms with van der Waals surface area (Å²) in [6.45, 7) is 1.85. The minimum Gasteiger partial charge on any atom is -0.494 e. The zero-order chi connectivity index (χ0) is 27.6. The monoisotopic (exact) mass is 565 g/mol. The summed E-state index contributed by atoms with van der Waals surface area (Å²) < 4.78 is 47.8. The lowest BCUT2D eigenvalue weighted by Gasteiger charge is -2.23. The summed E-state index contributed by atoms with van der Waals surface area (Å²) in [5, 5.41) is 7.62. The van der Waals surface area contributed by atoms with Crippen molar-refractivity contribution in [3.63, 3.8) is 0 Å². The van der Waals surface area contributed by atoms with Crippen molar-refractivity contribution in [3.05, 3.63) is 47.3 Å². The minimum absolute atomic E-state index is 0.0572. The van der Waals surface area contributed by atoms with Gasteiger partial charge >= 0.3 is 0 Å². The number of benzene rings is 1. The number of amides is 1. The molecule has 1 fully saturated rings. The summed E-state index contributed by atoms with van der Waals surface area (Å²) in [7, 11) is 1.87. The van der Waals surface area contributed by atoms with E-state index in [1.54, 1.807) is 30.1 Å². The molecule has 1 aromatic carbocycles. The number of methoxy groups -OCH3 is 3. The van der Waals surface area contributed by atoms with Crippen LogP contribution in [0.25, 0.3) is 5.69 Å². The van der Waals surface area contributed by atoms with Crippen LogP contribution in [0.5, 0.6) is 11.5 Å². The third-order valence-electron chi connectivity index (χ3n) is 6.32. The predicted octanol–water partition coefficient (Wildman–Crippen LogP) is 2.19. The average Bonchev–Trinajstić information content (AvgIpc) is 3.46. The molecule has 0 radical (unpaired) electrons. The Bertz CT molecular complexity index is 1390. The van der Waals surface area contributed by atoms with Gasteiger partial charge in [0.25, 0.3) is 0 Å². The van der Waals surface area contributed by atoms with E-state index in [9.17, 15) is 13.2 Å². The molecule has 1 unspecified atom stereocenters. The van der Waals surface area contributed by atoms with Gasteiger partial charge in [-0.05, 0) is 19.1 Å². The molecular weight excluding hydrogens is 538 g/mol. The molecule has 0 saturated carbocycles. The first kappa shape index (κ1) is 27.5. The first-order valence-electron chi connectivity index (χ1n) is 11.5. The number of likely N-dealkylation sites (tertiary alicyclic amines) is 1. The maximum atomic E-state index is 13.6. The van der Waals surface area contributed by atoms with Crippen LogP contribution in [-0.4, -0.2) is 84.1 Å². The lowest BCUT2D eigenvalue weighted by Crippen LogP contribution is -2.33. The van der Waals surface area contributed by atoms with Crippen LogP contribution in [0.1, 0.15) is 37.0 Å². The Labute approximate surface area is 225 Å². The molecule has 38 heavy (non-hydrogen) atoms. The Morgan fingerprint density at radius 1 is 1.11 bits per heavy atom. The molecule has 0 bridgehead atoms. The molecule has 3 atom stereocenters. The fourth-order valence-electron chi connectivity index (χ4n) is 4.29. The third kappa shape index (κ3) is 5.24. The fourth-order valence-corrected chi connectivity index (χ4v) is 5.52. The number of carbonyl (C=O) groups excluding carboxylic acids is 1. The van der Waals surface area contributed by atoms with Crippen molar-refractivity contribution in [3.8, 4) is 17.2 Å². The van der Waals surface area contributed by atoms with Gasteiger partial charge in [0.2, 0.25) is 21.9 Å². The molecule has 1 N–H and O–H groups in total. The predicted molar refractivity (Wildman–Crippen MR) is 138 cm³/mol. The van der Waals surface area contributed by atoms with Crippen LogP contribution in [0.3, 0.4) is 0 Å². The topological polar surface area (TPSA) is 151 Å². The van der Waals surface area contributed by atoms with Gasteiger partial charge in [0.05, 0.1) is 19.2 Å². The van der Waals surface area contributed by atoms with E-state index < -0.39 is 21.4 Å². The molecule has 1 aliphatic heterocycles. The van der Waals surface area contributed by atoms with E-state index in [4.69, 9.17) is 25.8 Å². The van der Waals surface area contributed by atoms with Crippen molar-refractivity contribution >= 4 is 33.5 Å². The van der Waals surface area contributed by atoms with Gasteiger partial charge in [0.15, 0.2) is 5.82 Å². The summed E-state index contributed by atoms with van der Waals surface area (Å²) in [6, 6.07) is 5.14. The second kappa shape index (κ2) is 11.1. The van der Waals surface area contributed by atoms with Crippen LogP contribution in [0.2, 0.25) is 5.02 Å². The molecule has 0 aliphatic carbocycles. The molecule has 2 aromatic heterocycles. The Hall–Kier alpha value is -3.49. The Kier molecular flexibility index (Phi) is 8.04.